The SMILES string of the molecule is Cn1cc(N2CCC[C@H](NC(=O)N3Cc4cnn(-c5ccccc5)c4C3)C2)cn1. The Labute approximate surface area is 169 Å². The number of hydrogen-bond donors (Lipinski definition) is 1. The number of rotatable bonds is 3. The van der Waals surface area contributed by atoms with Crippen LogP contribution < -0.4 is 10.2 Å². The number of carbonyl (C=O) groups is 1. The maximum atomic E-state index is 12.9. The van der Waals surface area contributed by atoms with Crippen LogP contribution in [0.25, 0.3) is 5.69 Å². The highest BCUT2D eigenvalue weighted by Gasteiger charge is 2.30. The topological polar surface area (TPSA) is 71.2 Å². The lowest BCUT2D eigenvalue weighted by Crippen LogP contribution is -2.50. The van der Waals surface area contributed by atoms with Crippen molar-refractivity contribution in [3.8, 4) is 5.69 Å². The van der Waals surface area contributed by atoms with Crippen LogP contribution in [-0.4, -0.2) is 49.6 Å². The summed E-state index contributed by atoms with van der Waals surface area (Å²) in [5.41, 5.74) is 4.34. The summed E-state index contributed by atoms with van der Waals surface area (Å²) in [4.78, 5) is 17.1. The Kier molecular flexibility index (Phi) is 4.46. The largest absolute Gasteiger partial charge is 0.367 e. The van der Waals surface area contributed by atoms with E-state index < -0.39 is 0 Å². The van der Waals surface area contributed by atoms with Crippen LogP contribution in [0.1, 0.15) is 24.1 Å². The third-order valence-electron chi connectivity index (χ3n) is 5.75. The summed E-state index contributed by atoms with van der Waals surface area (Å²) in [6, 6.07) is 10.2. The highest BCUT2D eigenvalue weighted by atomic mass is 16.2. The average molecular weight is 391 g/mol. The van der Waals surface area contributed by atoms with Crippen molar-refractivity contribution in [2.45, 2.75) is 32.0 Å². The number of fused-ring (bicyclic) bond motifs is 1. The van der Waals surface area contributed by atoms with E-state index in [1.807, 2.05) is 70.2 Å². The highest BCUT2D eigenvalue weighted by molar-refractivity contribution is 5.75. The van der Waals surface area contributed by atoms with Gasteiger partial charge in [0.2, 0.25) is 0 Å². The summed E-state index contributed by atoms with van der Waals surface area (Å²) in [6.07, 6.45) is 7.85. The number of amides is 2. The van der Waals surface area contributed by atoms with E-state index in [0.29, 0.717) is 13.1 Å². The molecule has 0 spiro atoms. The standard InChI is InChI=1S/C21H25N7O/c1-25-14-19(11-22-25)26-9-5-6-17(13-26)24-21(29)27-12-16-10-23-28(20(16)15-27)18-7-3-2-4-8-18/h2-4,7-8,10-11,14,17H,5-6,9,12-13,15H2,1H3,(H,24,29)/t17-/m0/s1. The predicted molar refractivity (Wildman–Crippen MR) is 110 cm³/mol. The molecule has 1 N–H and O–H groups in total. The number of anilines is 1. The van der Waals surface area contributed by atoms with Crippen LogP contribution in [0, 0.1) is 0 Å². The fourth-order valence-corrected chi connectivity index (χ4v) is 4.25. The van der Waals surface area contributed by atoms with Crippen molar-refractivity contribution in [1.82, 2.24) is 29.8 Å². The number of urea groups is 1. The maximum absolute atomic E-state index is 12.9. The number of aryl methyl sites for hydroxylation is 1. The van der Waals surface area contributed by atoms with Crippen LogP contribution in [0.5, 0.6) is 0 Å². The zero-order valence-corrected chi connectivity index (χ0v) is 16.5. The zero-order chi connectivity index (χ0) is 19.8. The van der Waals surface area contributed by atoms with Crippen LogP contribution in [0.4, 0.5) is 10.5 Å². The van der Waals surface area contributed by atoms with Gasteiger partial charge in [-0.1, -0.05) is 18.2 Å². The summed E-state index contributed by atoms with van der Waals surface area (Å²) in [6.45, 7) is 3.00. The Balaban J connectivity index is 1.23. The number of carbonyl (C=O) groups excluding carboxylic acids is 1. The minimum Gasteiger partial charge on any atom is -0.367 e. The van der Waals surface area contributed by atoms with Crippen LogP contribution >= 0.6 is 0 Å². The van der Waals surface area contributed by atoms with Gasteiger partial charge in [-0.15, -0.1) is 0 Å². The van der Waals surface area contributed by atoms with Gasteiger partial charge in [-0.25, -0.2) is 9.48 Å². The molecule has 3 aromatic rings. The molecule has 8 heteroatoms. The van der Waals surface area contributed by atoms with E-state index in [4.69, 9.17) is 0 Å². The quantitative estimate of drug-likeness (QED) is 0.744. The van der Waals surface area contributed by atoms with Crippen molar-refractivity contribution in [1.29, 1.82) is 0 Å². The molecule has 2 aliphatic heterocycles. The summed E-state index contributed by atoms with van der Waals surface area (Å²) in [5, 5.41) is 12.0. The molecule has 0 unspecified atom stereocenters. The number of hydrogen-bond acceptors (Lipinski definition) is 4. The molecule has 1 fully saturated rings. The van der Waals surface area contributed by atoms with E-state index in [1.54, 1.807) is 0 Å². The first-order valence-corrected chi connectivity index (χ1v) is 10.1. The minimum atomic E-state index is -0.00107. The number of piperidine rings is 1. The Morgan fingerprint density at radius 3 is 2.76 bits per heavy atom. The number of nitrogens with zero attached hydrogens (tertiary/aromatic N) is 6. The highest BCUT2D eigenvalue weighted by Crippen LogP contribution is 2.25. The second-order valence-corrected chi connectivity index (χ2v) is 7.83. The molecular weight excluding hydrogens is 366 g/mol. The molecule has 0 aliphatic carbocycles. The first kappa shape index (κ1) is 17.8. The van der Waals surface area contributed by atoms with Crippen LogP contribution in [0.2, 0.25) is 0 Å². The Morgan fingerprint density at radius 2 is 1.97 bits per heavy atom. The fourth-order valence-electron chi connectivity index (χ4n) is 4.25. The van der Waals surface area contributed by atoms with Gasteiger partial charge < -0.3 is 15.1 Å². The molecule has 2 aromatic heterocycles. The van der Waals surface area contributed by atoms with Gasteiger partial charge in [-0.05, 0) is 25.0 Å². The Morgan fingerprint density at radius 1 is 1.10 bits per heavy atom. The van der Waals surface area contributed by atoms with Crippen molar-refractivity contribution in [3.05, 3.63) is 60.2 Å². The number of benzene rings is 1. The Bertz CT molecular complexity index is 1010. The van der Waals surface area contributed by atoms with Gasteiger partial charge in [0.1, 0.15) is 0 Å². The monoisotopic (exact) mass is 391 g/mol. The summed E-state index contributed by atoms with van der Waals surface area (Å²) < 4.78 is 3.75. The molecular formula is C21H25N7O. The smallest absolute Gasteiger partial charge is 0.318 e. The van der Waals surface area contributed by atoms with Crippen LogP contribution in [0.3, 0.4) is 0 Å². The van der Waals surface area contributed by atoms with E-state index in [0.717, 1.165) is 48.6 Å². The summed E-state index contributed by atoms with van der Waals surface area (Å²) >= 11 is 0. The van der Waals surface area contributed by atoms with E-state index in [2.05, 4.69) is 20.4 Å². The Hall–Kier alpha value is -3.29. The molecule has 1 saturated heterocycles. The molecule has 4 heterocycles. The lowest BCUT2D eigenvalue weighted by atomic mass is 10.1. The second-order valence-electron chi connectivity index (χ2n) is 7.83. The lowest BCUT2D eigenvalue weighted by Gasteiger charge is -2.34. The molecule has 1 aromatic carbocycles. The molecule has 8 nitrogen and oxygen atoms in total. The molecule has 2 amide bonds. The maximum Gasteiger partial charge on any atom is 0.318 e. The van der Waals surface area contributed by atoms with Gasteiger partial charge >= 0.3 is 6.03 Å². The molecule has 1 atom stereocenters. The molecule has 0 saturated carbocycles. The normalized spacial score (nSPS) is 18.7. The van der Waals surface area contributed by atoms with E-state index >= 15 is 0 Å². The van der Waals surface area contributed by atoms with Crippen molar-refractivity contribution < 1.29 is 4.79 Å². The van der Waals surface area contributed by atoms with Gasteiger partial charge in [0, 0.05) is 37.9 Å². The molecule has 29 heavy (non-hydrogen) atoms. The van der Waals surface area contributed by atoms with Crippen LogP contribution in [-0.2, 0) is 20.1 Å². The average Bonchev–Trinajstić information content (AvgIpc) is 3.44. The second kappa shape index (κ2) is 7.27. The minimum absolute atomic E-state index is 0.00107. The van der Waals surface area contributed by atoms with Crippen molar-refractivity contribution in [3.63, 3.8) is 0 Å². The molecule has 5 rings (SSSR count). The van der Waals surface area contributed by atoms with Crippen molar-refractivity contribution in [2.75, 3.05) is 18.0 Å². The van der Waals surface area contributed by atoms with Gasteiger partial charge in [0.05, 0.1) is 42.6 Å². The molecule has 150 valence electrons. The zero-order valence-electron chi connectivity index (χ0n) is 16.5. The van der Waals surface area contributed by atoms with Crippen molar-refractivity contribution in [2.24, 2.45) is 7.05 Å². The first-order chi connectivity index (χ1) is 14.2. The van der Waals surface area contributed by atoms with E-state index in [9.17, 15) is 4.79 Å². The lowest BCUT2D eigenvalue weighted by molar-refractivity contribution is 0.191. The predicted octanol–water partition coefficient (Wildman–Crippen LogP) is 2.30. The van der Waals surface area contributed by atoms with Gasteiger partial charge in [-0.3, -0.25) is 4.68 Å². The summed E-state index contributed by atoms with van der Waals surface area (Å²) in [5.74, 6) is 0. The fraction of sp³-hybridized carbons (Fsp3) is 0.381. The third-order valence-corrected chi connectivity index (χ3v) is 5.75. The molecule has 2 aliphatic rings. The number of para-hydroxylation sites is 1. The van der Waals surface area contributed by atoms with Gasteiger partial charge in [0.15, 0.2) is 0 Å². The van der Waals surface area contributed by atoms with Crippen LogP contribution in [0.15, 0.2) is 48.9 Å². The molecule has 0 bridgehead atoms. The van der Waals surface area contributed by atoms with E-state index in [-0.39, 0.29) is 12.1 Å². The van der Waals surface area contributed by atoms with Gasteiger partial charge in [-0.2, -0.15) is 10.2 Å². The first-order valence-electron chi connectivity index (χ1n) is 10.1. The van der Waals surface area contributed by atoms with Crippen molar-refractivity contribution >= 4 is 11.7 Å². The van der Waals surface area contributed by atoms with Gasteiger partial charge in [0.25, 0.3) is 0 Å². The molecule has 0 radical (unpaired) electrons. The van der Waals surface area contributed by atoms with E-state index in [1.165, 1.54) is 0 Å². The summed E-state index contributed by atoms with van der Waals surface area (Å²) in [7, 11) is 1.92. The number of nitrogens with one attached hydrogen (secondary N) is 1. The third kappa shape index (κ3) is 3.46. The number of aromatic nitrogens is 4.